The summed E-state index contributed by atoms with van der Waals surface area (Å²) in [6, 6.07) is 1.76. The zero-order chi connectivity index (χ0) is 18.1. The highest BCUT2D eigenvalue weighted by Crippen LogP contribution is 2.38. The van der Waals surface area contributed by atoms with Crippen molar-refractivity contribution in [3.05, 3.63) is 17.5 Å². The molecule has 6 nitrogen and oxygen atoms in total. The highest BCUT2D eigenvalue weighted by atomic mass is 32.2. The van der Waals surface area contributed by atoms with E-state index in [1.165, 1.54) is 0 Å². The molecule has 1 saturated heterocycles. The molecule has 0 aromatic carbocycles. The van der Waals surface area contributed by atoms with E-state index < -0.39 is 43.0 Å². The molecule has 132 valence electrons. The number of aryl methyl sites for hydroxylation is 2. The Kier molecular flexibility index (Phi) is 5.36. The van der Waals surface area contributed by atoms with Gasteiger partial charge in [0.25, 0.3) is 0 Å². The Bertz CT molecular complexity index is 634. The number of hydrogen-bond acceptors (Lipinski definition) is 5. The van der Waals surface area contributed by atoms with E-state index >= 15 is 0 Å². The van der Waals surface area contributed by atoms with E-state index in [4.69, 9.17) is 5.11 Å². The Hall–Kier alpha value is -1.84. The smallest absolute Gasteiger partial charge is 0.394 e. The third kappa shape index (κ3) is 4.37. The minimum absolute atomic E-state index is 0.139. The molecule has 10 heteroatoms. The number of likely N-dealkylation sites (tertiary alicyclic amines) is 1. The molecule has 0 aliphatic carbocycles. The van der Waals surface area contributed by atoms with Crippen LogP contribution in [0.5, 0.6) is 0 Å². The fourth-order valence-electron chi connectivity index (χ4n) is 2.57. The van der Waals surface area contributed by atoms with Crippen LogP contribution in [0.3, 0.4) is 0 Å². The number of aliphatic carboxylic acids is 1. The average Bonchev–Trinajstić information content (AvgIpc) is 2.89. The van der Waals surface area contributed by atoms with E-state index in [1.54, 1.807) is 19.9 Å². The summed E-state index contributed by atoms with van der Waals surface area (Å²) in [5.41, 5.74) is 1.45. The summed E-state index contributed by atoms with van der Waals surface area (Å²) >= 11 is 1.02. The minimum atomic E-state index is -4.65. The van der Waals surface area contributed by atoms with Crippen LogP contribution in [-0.2, 0) is 9.59 Å². The number of carbonyl (C=O) groups excluding carboxylic acids is 1. The van der Waals surface area contributed by atoms with Gasteiger partial charge in [0.05, 0.1) is 17.6 Å². The molecular formula is C14H16F3N3O3S. The molecule has 1 aromatic heterocycles. The first kappa shape index (κ1) is 18.5. The second kappa shape index (κ2) is 6.96. The van der Waals surface area contributed by atoms with E-state index in [1.807, 2.05) is 0 Å². The molecular weight excluding hydrogens is 347 g/mol. The largest absolute Gasteiger partial charge is 0.481 e. The summed E-state index contributed by atoms with van der Waals surface area (Å²) in [5, 5.41) is 9.32. The van der Waals surface area contributed by atoms with Crippen molar-refractivity contribution in [3.8, 4) is 0 Å². The van der Waals surface area contributed by atoms with Crippen molar-refractivity contribution >= 4 is 23.6 Å². The molecule has 0 saturated carbocycles. The van der Waals surface area contributed by atoms with Gasteiger partial charge in [-0.25, -0.2) is 9.97 Å². The monoisotopic (exact) mass is 363 g/mol. The molecule has 1 aliphatic rings. The summed E-state index contributed by atoms with van der Waals surface area (Å²) < 4.78 is 38.8. The van der Waals surface area contributed by atoms with Crippen molar-refractivity contribution in [2.24, 2.45) is 11.8 Å². The van der Waals surface area contributed by atoms with Gasteiger partial charge < -0.3 is 10.0 Å². The maximum absolute atomic E-state index is 12.9. The van der Waals surface area contributed by atoms with Crippen LogP contribution >= 0.6 is 11.8 Å². The number of alkyl halides is 3. The second-order valence-electron chi connectivity index (χ2n) is 5.61. The number of rotatable bonds is 4. The third-order valence-corrected chi connectivity index (χ3v) is 4.53. The van der Waals surface area contributed by atoms with Gasteiger partial charge in [0.2, 0.25) is 5.91 Å². The molecule has 1 fully saturated rings. The number of halogens is 3. The summed E-state index contributed by atoms with van der Waals surface area (Å²) in [5.74, 6) is -5.91. The van der Waals surface area contributed by atoms with E-state index in [-0.39, 0.29) is 5.75 Å². The molecule has 1 amide bonds. The zero-order valence-corrected chi connectivity index (χ0v) is 13.8. The molecule has 1 aliphatic heterocycles. The van der Waals surface area contributed by atoms with Crippen LogP contribution < -0.4 is 0 Å². The summed E-state index contributed by atoms with van der Waals surface area (Å²) in [6.07, 6.45) is -4.65. The maximum Gasteiger partial charge on any atom is 0.394 e. The fourth-order valence-corrected chi connectivity index (χ4v) is 3.42. The van der Waals surface area contributed by atoms with E-state index in [9.17, 15) is 22.8 Å². The zero-order valence-electron chi connectivity index (χ0n) is 13.0. The average molecular weight is 363 g/mol. The van der Waals surface area contributed by atoms with Crippen molar-refractivity contribution in [3.63, 3.8) is 0 Å². The van der Waals surface area contributed by atoms with Gasteiger partial charge in [-0.05, 0) is 19.9 Å². The van der Waals surface area contributed by atoms with Crippen LogP contribution in [0, 0.1) is 25.7 Å². The standard InChI is InChI=1S/C14H16F3N3O3S/c1-7-3-8(2)19-13(18-7)24-6-11(21)20-4-9(12(22)23)10(5-20)14(15,16)17/h3,9-10H,4-6H2,1-2H3,(H,22,23)/t9-,10-/m1/s1. The topological polar surface area (TPSA) is 83.4 Å². The predicted molar refractivity (Wildman–Crippen MR) is 79.5 cm³/mol. The molecule has 0 spiro atoms. The number of amides is 1. The summed E-state index contributed by atoms with van der Waals surface area (Å²) in [7, 11) is 0. The normalized spacial score (nSPS) is 21.1. The quantitative estimate of drug-likeness (QED) is 0.650. The summed E-state index contributed by atoms with van der Waals surface area (Å²) in [6.45, 7) is 2.47. The van der Waals surface area contributed by atoms with Crippen molar-refractivity contribution in [2.75, 3.05) is 18.8 Å². The molecule has 0 bridgehead atoms. The lowest BCUT2D eigenvalue weighted by Crippen LogP contribution is -2.34. The van der Waals surface area contributed by atoms with Crippen LogP contribution in [0.15, 0.2) is 11.2 Å². The highest BCUT2D eigenvalue weighted by Gasteiger charge is 2.53. The molecule has 24 heavy (non-hydrogen) atoms. The minimum Gasteiger partial charge on any atom is -0.481 e. The van der Waals surface area contributed by atoms with E-state index in [0.717, 1.165) is 28.0 Å². The van der Waals surface area contributed by atoms with E-state index in [2.05, 4.69) is 9.97 Å². The molecule has 2 atom stereocenters. The summed E-state index contributed by atoms with van der Waals surface area (Å²) in [4.78, 5) is 32.4. The van der Waals surface area contributed by atoms with Crippen LogP contribution in [0.1, 0.15) is 11.4 Å². The van der Waals surface area contributed by atoms with Gasteiger partial charge in [-0.3, -0.25) is 9.59 Å². The number of aromatic nitrogens is 2. The lowest BCUT2D eigenvalue weighted by atomic mass is 9.96. The van der Waals surface area contributed by atoms with Crippen LogP contribution in [0.25, 0.3) is 0 Å². The van der Waals surface area contributed by atoms with Gasteiger partial charge in [-0.1, -0.05) is 11.8 Å². The first-order valence-corrected chi connectivity index (χ1v) is 8.09. The molecule has 0 radical (unpaired) electrons. The number of carbonyl (C=O) groups is 2. The number of carboxylic acid groups (broad SMARTS) is 1. The maximum atomic E-state index is 12.9. The molecule has 0 unspecified atom stereocenters. The first-order chi connectivity index (χ1) is 11.1. The Morgan fingerprint density at radius 3 is 2.33 bits per heavy atom. The van der Waals surface area contributed by atoms with Gasteiger partial charge in [0.1, 0.15) is 0 Å². The fraction of sp³-hybridized carbons (Fsp3) is 0.571. The number of hydrogen-bond donors (Lipinski definition) is 1. The Morgan fingerprint density at radius 1 is 1.29 bits per heavy atom. The Morgan fingerprint density at radius 2 is 1.88 bits per heavy atom. The van der Waals surface area contributed by atoms with Crippen LogP contribution in [0.4, 0.5) is 13.2 Å². The van der Waals surface area contributed by atoms with Gasteiger partial charge in [0.15, 0.2) is 5.16 Å². The molecule has 2 rings (SSSR count). The first-order valence-electron chi connectivity index (χ1n) is 7.10. The van der Waals surface area contributed by atoms with E-state index in [0.29, 0.717) is 5.16 Å². The number of carboxylic acids is 1. The SMILES string of the molecule is Cc1cc(C)nc(SCC(=O)N2C[C@@H](C(F)(F)F)[C@H](C(=O)O)C2)n1. The van der Waals surface area contributed by atoms with Gasteiger partial charge in [0, 0.05) is 24.5 Å². The van der Waals surface area contributed by atoms with Crippen molar-refractivity contribution in [1.29, 1.82) is 0 Å². The second-order valence-corrected chi connectivity index (χ2v) is 6.56. The Labute approximate surface area is 140 Å². The Balaban J connectivity index is 2.01. The molecule has 2 heterocycles. The molecule has 1 aromatic rings. The third-order valence-electron chi connectivity index (χ3n) is 3.70. The number of nitrogens with zero attached hydrogens (tertiary/aromatic N) is 3. The van der Waals surface area contributed by atoms with Crippen molar-refractivity contribution < 1.29 is 27.9 Å². The van der Waals surface area contributed by atoms with Gasteiger partial charge >= 0.3 is 12.1 Å². The van der Waals surface area contributed by atoms with Crippen molar-refractivity contribution in [2.45, 2.75) is 25.2 Å². The van der Waals surface area contributed by atoms with Crippen molar-refractivity contribution in [1.82, 2.24) is 14.9 Å². The lowest BCUT2D eigenvalue weighted by molar-refractivity contribution is -0.188. The van der Waals surface area contributed by atoms with Crippen LogP contribution in [-0.4, -0.2) is 56.9 Å². The predicted octanol–water partition coefficient (Wildman–Crippen LogP) is 1.91. The van der Waals surface area contributed by atoms with Gasteiger partial charge in [-0.2, -0.15) is 13.2 Å². The molecule has 1 N–H and O–H groups in total. The number of thioether (sulfide) groups is 1. The highest BCUT2D eigenvalue weighted by molar-refractivity contribution is 7.99. The lowest BCUT2D eigenvalue weighted by Gasteiger charge is -2.18. The van der Waals surface area contributed by atoms with Gasteiger partial charge in [-0.15, -0.1) is 0 Å². The van der Waals surface area contributed by atoms with Crippen LogP contribution in [0.2, 0.25) is 0 Å².